The Morgan fingerprint density at radius 2 is 2.00 bits per heavy atom. The van der Waals surface area contributed by atoms with Gasteiger partial charge in [0.1, 0.15) is 0 Å². The topological polar surface area (TPSA) is 38.4 Å². The molecule has 1 aromatic carbocycles. The Bertz CT molecular complexity index is 611. The Labute approximate surface area is 118 Å². The summed E-state index contributed by atoms with van der Waals surface area (Å²) in [5.41, 5.74) is 10.3. The van der Waals surface area contributed by atoms with Gasteiger partial charge in [0.25, 0.3) is 0 Å². The molecule has 1 aliphatic carbocycles. The number of rotatable bonds is 3. The molecule has 2 aliphatic rings. The van der Waals surface area contributed by atoms with Crippen molar-refractivity contribution >= 4 is 17.3 Å². The van der Waals surface area contributed by atoms with Crippen molar-refractivity contribution in [1.29, 1.82) is 0 Å². The average Bonchev–Trinajstić information content (AvgIpc) is 2.82. The van der Waals surface area contributed by atoms with Gasteiger partial charge in [-0.25, -0.2) is 0 Å². The second-order valence-electron chi connectivity index (χ2n) is 4.85. The van der Waals surface area contributed by atoms with Crippen molar-refractivity contribution in [2.45, 2.75) is 11.3 Å². The Balaban J connectivity index is 1.87. The zero-order chi connectivity index (χ0) is 13.3. The molecule has 1 atom stereocenters. The van der Waals surface area contributed by atoms with E-state index in [0.29, 0.717) is 6.54 Å². The van der Waals surface area contributed by atoms with Gasteiger partial charge in [-0.15, -0.1) is 11.6 Å². The van der Waals surface area contributed by atoms with Crippen LogP contribution < -0.4 is 5.73 Å². The molecule has 1 heterocycles. The van der Waals surface area contributed by atoms with E-state index in [4.69, 9.17) is 17.3 Å². The number of halogens is 1. The van der Waals surface area contributed by atoms with Gasteiger partial charge in [-0.2, -0.15) is 0 Å². The number of fused-ring (bicyclic) bond motifs is 1. The third-order valence-electron chi connectivity index (χ3n) is 3.43. The van der Waals surface area contributed by atoms with E-state index in [1.165, 1.54) is 11.1 Å². The van der Waals surface area contributed by atoms with E-state index in [-0.39, 0.29) is 0 Å². The van der Waals surface area contributed by atoms with E-state index in [1.54, 1.807) is 0 Å². The maximum atomic E-state index is 6.42. The van der Waals surface area contributed by atoms with E-state index in [9.17, 15) is 0 Å². The highest BCUT2D eigenvalue weighted by Gasteiger charge is 2.28. The van der Waals surface area contributed by atoms with Gasteiger partial charge in [-0.1, -0.05) is 36.4 Å². The lowest BCUT2D eigenvalue weighted by Crippen LogP contribution is -2.30. The normalized spacial score (nSPS) is 24.6. The number of allylic oxidation sites excluding steroid dienone is 3. The van der Waals surface area contributed by atoms with Crippen LogP contribution in [0.2, 0.25) is 0 Å². The summed E-state index contributed by atoms with van der Waals surface area (Å²) >= 11 is 6.42. The number of aliphatic imine (C=N–C) groups is 1. The largest absolute Gasteiger partial charge is 0.328 e. The van der Waals surface area contributed by atoms with Gasteiger partial charge in [0.2, 0.25) is 0 Å². The molecule has 3 rings (SSSR count). The first-order chi connectivity index (χ1) is 9.20. The molecule has 0 aromatic heterocycles. The van der Waals surface area contributed by atoms with Gasteiger partial charge in [-0.05, 0) is 29.7 Å². The van der Waals surface area contributed by atoms with Crippen LogP contribution in [0.5, 0.6) is 0 Å². The lowest BCUT2D eigenvalue weighted by Gasteiger charge is -2.23. The fraction of sp³-hybridized carbons (Fsp3) is 0.188. The summed E-state index contributed by atoms with van der Waals surface area (Å²) in [7, 11) is 0. The molecule has 1 aliphatic heterocycles. The minimum absolute atomic E-state index is 0.389. The summed E-state index contributed by atoms with van der Waals surface area (Å²) in [6.07, 6.45) is 8.69. The number of nitrogens with two attached hydrogens (primary N) is 1. The smallest absolute Gasteiger partial charge is 0.0941 e. The summed E-state index contributed by atoms with van der Waals surface area (Å²) in [4.78, 5) is 3.86. The first-order valence-electron chi connectivity index (χ1n) is 6.33. The third kappa shape index (κ3) is 2.42. The number of hydrogen-bond acceptors (Lipinski definition) is 2. The van der Waals surface area contributed by atoms with Crippen LogP contribution in [0.4, 0.5) is 0 Å². The third-order valence-corrected chi connectivity index (χ3v) is 3.82. The molecule has 0 bridgehead atoms. The SMILES string of the molecule is NCC1(Cl)C=CC2=NC=C(Cc3ccccc3)C2=C1. The molecule has 0 amide bonds. The number of nitrogens with zero attached hydrogens (tertiary/aromatic N) is 1. The predicted octanol–water partition coefficient (Wildman–Crippen LogP) is 3.00. The molecule has 2 nitrogen and oxygen atoms in total. The van der Waals surface area contributed by atoms with Crippen molar-refractivity contribution < 1.29 is 0 Å². The van der Waals surface area contributed by atoms with Crippen LogP contribution >= 0.6 is 11.6 Å². The summed E-state index contributed by atoms with van der Waals surface area (Å²) in [6, 6.07) is 10.4. The van der Waals surface area contributed by atoms with Crippen molar-refractivity contribution in [3.8, 4) is 0 Å². The predicted molar refractivity (Wildman–Crippen MR) is 80.5 cm³/mol. The average molecular weight is 271 g/mol. The molecule has 96 valence electrons. The Morgan fingerprint density at radius 3 is 2.74 bits per heavy atom. The van der Waals surface area contributed by atoms with Gasteiger partial charge in [-0.3, -0.25) is 4.99 Å². The summed E-state index contributed by atoms with van der Waals surface area (Å²) < 4.78 is 0. The second kappa shape index (κ2) is 4.80. The van der Waals surface area contributed by atoms with Gasteiger partial charge in [0.15, 0.2) is 0 Å². The van der Waals surface area contributed by atoms with E-state index in [0.717, 1.165) is 17.7 Å². The van der Waals surface area contributed by atoms with Crippen molar-refractivity contribution in [2.75, 3.05) is 6.54 Å². The highest BCUT2D eigenvalue weighted by Crippen LogP contribution is 2.32. The molecular formula is C16H15ClN2. The van der Waals surface area contributed by atoms with Crippen molar-refractivity contribution in [2.24, 2.45) is 10.7 Å². The van der Waals surface area contributed by atoms with E-state index in [1.807, 2.05) is 42.6 Å². The molecule has 0 saturated carbocycles. The number of benzene rings is 1. The minimum atomic E-state index is -0.575. The zero-order valence-electron chi connectivity index (χ0n) is 10.5. The molecule has 1 aromatic rings. The monoisotopic (exact) mass is 270 g/mol. The molecule has 0 saturated heterocycles. The molecule has 0 radical (unpaired) electrons. The van der Waals surface area contributed by atoms with Gasteiger partial charge < -0.3 is 5.73 Å². The fourth-order valence-corrected chi connectivity index (χ4v) is 2.51. The van der Waals surface area contributed by atoms with Crippen molar-refractivity contribution in [3.05, 3.63) is 71.5 Å². The molecule has 2 N–H and O–H groups in total. The zero-order valence-corrected chi connectivity index (χ0v) is 11.3. The Morgan fingerprint density at radius 1 is 1.21 bits per heavy atom. The van der Waals surface area contributed by atoms with Gasteiger partial charge in [0.05, 0.1) is 10.6 Å². The van der Waals surface area contributed by atoms with Crippen LogP contribution in [0, 0.1) is 0 Å². The quantitative estimate of drug-likeness (QED) is 0.843. The van der Waals surface area contributed by atoms with Gasteiger partial charge in [0, 0.05) is 18.3 Å². The highest BCUT2D eigenvalue weighted by molar-refractivity contribution is 6.29. The molecule has 0 spiro atoms. The molecule has 3 heteroatoms. The van der Waals surface area contributed by atoms with Crippen LogP contribution in [-0.2, 0) is 6.42 Å². The fourth-order valence-electron chi connectivity index (χ4n) is 2.34. The number of hydrogen-bond donors (Lipinski definition) is 1. The Hall–Kier alpha value is -1.64. The molecular weight excluding hydrogens is 256 g/mol. The van der Waals surface area contributed by atoms with Crippen LogP contribution in [0.25, 0.3) is 0 Å². The van der Waals surface area contributed by atoms with E-state index >= 15 is 0 Å². The standard InChI is InChI=1S/C16H15ClN2/c17-16(11-18)7-6-15-14(9-16)13(10-19-15)8-12-4-2-1-3-5-12/h1-7,9-10H,8,11,18H2. The number of alkyl halides is 1. The minimum Gasteiger partial charge on any atom is -0.328 e. The van der Waals surface area contributed by atoms with Crippen LogP contribution in [-0.4, -0.2) is 17.1 Å². The maximum Gasteiger partial charge on any atom is 0.0941 e. The molecule has 0 fully saturated rings. The van der Waals surface area contributed by atoms with E-state index in [2.05, 4.69) is 17.1 Å². The summed E-state index contributed by atoms with van der Waals surface area (Å²) in [5.74, 6) is 0. The molecule has 19 heavy (non-hydrogen) atoms. The van der Waals surface area contributed by atoms with Crippen LogP contribution in [0.15, 0.2) is 70.9 Å². The maximum absolute atomic E-state index is 6.42. The van der Waals surface area contributed by atoms with Gasteiger partial charge >= 0.3 is 0 Å². The van der Waals surface area contributed by atoms with Crippen molar-refractivity contribution in [1.82, 2.24) is 0 Å². The summed E-state index contributed by atoms with van der Waals surface area (Å²) in [6.45, 7) is 0.389. The first-order valence-corrected chi connectivity index (χ1v) is 6.71. The van der Waals surface area contributed by atoms with Crippen molar-refractivity contribution in [3.63, 3.8) is 0 Å². The second-order valence-corrected chi connectivity index (χ2v) is 5.56. The van der Waals surface area contributed by atoms with Crippen LogP contribution in [0.1, 0.15) is 5.56 Å². The first kappa shape index (κ1) is 12.4. The lowest BCUT2D eigenvalue weighted by atomic mass is 9.89. The van der Waals surface area contributed by atoms with E-state index < -0.39 is 4.87 Å². The molecule has 1 unspecified atom stereocenters. The summed E-state index contributed by atoms with van der Waals surface area (Å²) in [5, 5.41) is 0. The Kier molecular flexibility index (Phi) is 3.13. The lowest BCUT2D eigenvalue weighted by molar-refractivity contribution is 0.854. The highest BCUT2D eigenvalue weighted by atomic mass is 35.5. The van der Waals surface area contributed by atoms with Crippen LogP contribution in [0.3, 0.4) is 0 Å².